The highest BCUT2D eigenvalue weighted by Gasteiger charge is 2.27. The number of hydrogen-bond donors (Lipinski definition) is 1. The van der Waals surface area contributed by atoms with Gasteiger partial charge in [0.2, 0.25) is 10.0 Å². The predicted molar refractivity (Wildman–Crippen MR) is 141 cm³/mol. The van der Waals surface area contributed by atoms with Crippen molar-refractivity contribution in [3.05, 3.63) is 87.4 Å². The molecular weight excluding hydrogens is 525 g/mol. The van der Waals surface area contributed by atoms with Gasteiger partial charge in [0.1, 0.15) is 0 Å². The smallest absolute Gasteiger partial charge is 0.255 e. The number of carbonyl (C=O) groups is 1. The number of para-hydroxylation sites is 1. The molecule has 0 aliphatic rings. The van der Waals surface area contributed by atoms with Gasteiger partial charge in [-0.1, -0.05) is 53.0 Å². The summed E-state index contributed by atoms with van der Waals surface area (Å²) in [7, 11) is -1.02. The number of nitrogens with zero attached hydrogens (tertiary/aromatic N) is 2. The van der Waals surface area contributed by atoms with Crippen LogP contribution in [0.1, 0.15) is 16.7 Å². The second-order valence-electron chi connectivity index (χ2n) is 7.71. The van der Waals surface area contributed by atoms with Crippen LogP contribution in [-0.4, -0.2) is 45.6 Å². The number of carbonyl (C=O) groups excluding carboxylic acids is 1. The third kappa shape index (κ3) is 6.76. The molecule has 1 N–H and O–H groups in total. The van der Waals surface area contributed by atoms with Crippen LogP contribution in [0.2, 0.25) is 10.0 Å². The van der Waals surface area contributed by atoms with Gasteiger partial charge in [0.05, 0.1) is 41.9 Å². The molecule has 11 heteroatoms. The number of ether oxygens (including phenoxy) is 2. The summed E-state index contributed by atoms with van der Waals surface area (Å²) in [5.74, 6) is 0.315. The monoisotopic (exact) mass is 549 g/mol. The van der Waals surface area contributed by atoms with Crippen LogP contribution >= 0.6 is 23.2 Å². The zero-order valence-electron chi connectivity index (χ0n) is 19.9. The number of hydrazone groups is 1. The summed E-state index contributed by atoms with van der Waals surface area (Å²) in [5.41, 5.74) is 4.41. The van der Waals surface area contributed by atoms with Gasteiger partial charge in [-0.05, 0) is 48.9 Å². The second-order valence-corrected chi connectivity index (χ2v) is 10.5. The van der Waals surface area contributed by atoms with E-state index in [2.05, 4.69) is 10.5 Å². The van der Waals surface area contributed by atoms with E-state index in [1.165, 1.54) is 32.6 Å². The fourth-order valence-electron chi connectivity index (χ4n) is 3.31. The Hall–Kier alpha value is -3.11. The molecule has 0 aliphatic carbocycles. The van der Waals surface area contributed by atoms with Crippen LogP contribution in [0.3, 0.4) is 0 Å². The van der Waals surface area contributed by atoms with Gasteiger partial charge in [0.15, 0.2) is 11.5 Å². The maximum Gasteiger partial charge on any atom is 0.255 e. The molecule has 0 heterocycles. The molecule has 0 atom stereocenters. The summed E-state index contributed by atoms with van der Waals surface area (Å²) in [5, 5.41) is 4.58. The van der Waals surface area contributed by atoms with Gasteiger partial charge >= 0.3 is 0 Å². The molecule has 1 amide bonds. The zero-order valence-corrected chi connectivity index (χ0v) is 22.2. The van der Waals surface area contributed by atoms with Gasteiger partial charge in [0, 0.05) is 12.1 Å². The highest BCUT2D eigenvalue weighted by molar-refractivity contribution is 7.89. The summed E-state index contributed by atoms with van der Waals surface area (Å²) in [4.78, 5) is 12.8. The molecule has 190 valence electrons. The van der Waals surface area contributed by atoms with Crippen molar-refractivity contribution in [3.8, 4) is 11.5 Å². The molecule has 0 radical (unpaired) electrons. The third-order valence-corrected chi connectivity index (χ3v) is 7.69. The molecule has 0 bridgehead atoms. The van der Waals surface area contributed by atoms with E-state index < -0.39 is 22.5 Å². The lowest BCUT2D eigenvalue weighted by atomic mass is 10.2. The molecule has 0 aliphatic heterocycles. The van der Waals surface area contributed by atoms with Crippen LogP contribution in [0.5, 0.6) is 11.5 Å². The first-order valence-corrected chi connectivity index (χ1v) is 12.9. The van der Waals surface area contributed by atoms with Gasteiger partial charge in [-0.25, -0.2) is 13.8 Å². The average Bonchev–Trinajstić information content (AvgIpc) is 2.85. The number of sulfonamides is 1. The Morgan fingerprint density at radius 3 is 2.39 bits per heavy atom. The largest absolute Gasteiger partial charge is 0.493 e. The van der Waals surface area contributed by atoms with E-state index in [0.29, 0.717) is 27.6 Å². The van der Waals surface area contributed by atoms with E-state index in [4.69, 9.17) is 32.7 Å². The number of nitrogens with one attached hydrogen (secondary N) is 1. The summed E-state index contributed by atoms with van der Waals surface area (Å²) >= 11 is 12.1. The minimum Gasteiger partial charge on any atom is -0.493 e. The number of aryl methyl sites for hydroxylation is 1. The molecule has 0 aromatic heterocycles. The molecule has 0 saturated carbocycles. The minimum atomic E-state index is -4.02. The van der Waals surface area contributed by atoms with Crippen molar-refractivity contribution in [1.82, 2.24) is 9.73 Å². The van der Waals surface area contributed by atoms with Crippen LogP contribution in [0.15, 0.2) is 70.7 Å². The standard InChI is InChI=1S/C25H25Cl2N3O5S/c1-17-7-10-20(11-8-17)36(32,33)30(15-18-9-12-21(26)22(27)13-18)16-24(31)29-28-14-19-5-4-6-23(34-2)25(19)35-3/h4-14H,15-16H2,1-3H3,(H,29,31)/b28-14-. The van der Waals surface area contributed by atoms with Crippen molar-refractivity contribution in [2.45, 2.75) is 18.4 Å². The number of amides is 1. The summed E-state index contributed by atoms with van der Waals surface area (Å²) < 4.78 is 38.4. The Labute approximate surface area is 220 Å². The molecule has 36 heavy (non-hydrogen) atoms. The molecule has 0 unspecified atom stereocenters. The van der Waals surface area contributed by atoms with E-state index in [1.807, 2.05) is 6.92 Å². The van der Waals surface area contributed by atoms with Gasteiger partial charge in [0.25, 0.3) is 5.91 Å². The topological polar surface area (TPSA) is 97.3 Å². The maximum absolute atomic E-state index is 13.4. The van der Waals surface area contributed by atoms with Crippen LogP contribution in [0.4, 0.5) is 0 Å². The number of hydrogen-bond acceptors (Lipinski definition) is 6. The molecular formula is C25H25Cl2N3O5S. The zero-order chi connectivity index (χ0) is 26.3. The van der Waals surface area contributed by atoms with Gasteiger partial charge in [-0.2, -0.15) is 9.41 Å². The Bertz CT molecular complexity index is 1360. The van der Waals surface area contributed by atoms with E-state index >= 15 is 0 Å². The summed E-state index contributed by atoms with van der Waals surface area (Å²) in [6.45, 7) is 1.27. The third-order valence-electron chi connectivity index (χ3n) is 5.15. The Morgan fingerprint density at radius 1 is 1.03 bits per heavy atom. The highest BCUT2D eigenvalue weighted by Crippen LogP contribution is 2.29. The fraction of sp³-hybridized carbons (Fsp3) is 0.200. The lowest BCUT2D eigenvalue weighted by Gasteiger charge is -2.22. The summed E-state index contributed by atoms with van der Waals surface area (Å²) in [6.07, 6.45) is 1.39. The fourth-order valence-corrected chi connectivity index (χ4v) is 5.01. The molecule has 3 rings (SSSR count). The van der Waals surface area contributed by atoms with Crippen LogP contribution in [-0.2, 0) is 21.4 Å². The van der Waals surface area contributed by atoms with Crippen molar-refractivity contribution >= 4 is 45.3 Å². The lowest BCUT2D eigenvalue weighted by Crippen LogP contribution is -2.39. The van der Waals surface area contributed by atoms with E-state index in [-0.39, 0.29) is 16.5 Å². The lowest BCUT2D eigenvalue weighted by molar-refractivity contribution is -0.121. The normalized spacial score (nSPS) is 11.6. The SMILES string of the molecule is COc1cccc(/C=N\NC(=O)CN(Cc2ccc(Cl)c(Cl)c2)S(=O)(=O)c2ccc(C)cc2)c1OC. The van der Waals surface area contributed by atoms with Crippen LogP contribution in [0, 0.1) is 6.92 Å². The van der Waals surface area contributed by atoms with Gasteiger partial charge < -0.3 is 9.47 Å². The number of rotatable bonds is 10. The highest BCUT2D eigenvalue weighted by atomic mass is 35.5. The van der Waals surface area contributed by atoms with Crippen LogP contribution < -0.4 is 14.9 Å². The average molecular weight is 550 g/mol. The summed E-state index contributed by atoms with van der Waals surface area (Å²) in [6, 6.07) is 16.4. The van der Waals surface area contributed by atoms with E-state index in [9.17, 15) is 13.2 Å². The Morgan fingerprint density at radius 2 is 1.75 bits per heavy atom. The number of methoxy groups -OCH3 is 2. The molecule has 8 nitrogen and oxygen atoms in total. The van der Waals surface area contributed by atoms with Crippen molar-refractivity contribution in [1.29, 1.82) is 0 Å². The number of halogens is 2. The first-order valence-electron chi connectivity index (χ1n) is 10.7. The minimum absolute atomic E-state index is 0.0607. The predicted octanol–water partition coefficient (Wildman–Crippen LogP) is 4.66. The van der Waals surface area contributed by atoms with Crippen molar-refractivity contribution in [2.24, 2.45) is 5.10 Å². The second kappa shape index (κ2) is 12.2. The molecule has 0 spiro atoms. The quantitative estimate of drug-likeness (QED) is 0.293. The molecule has 0 fully saturated rings. The number of benzene rings is 3. The van der Waals surface area contributed by atoms with E-state index in [0.717, 1.165) is 9.87 Å². The van der Waals surface area contributed by atoms with Gasteiger partial charge in [-0.15, -0.1) is 0 Å². The molecule has 3 aromatic carbocycles. The molecule has 3 aromatic rings. The van der Waals surface area contributed by atoms with E-state index in [1.54, 1.807) is 48.5 Å². The van der Waals surface area contributed by atoms with Crippen LogP contribution in [0.25, 0.3) is 0 Å². The first kappa shape index (κ1) is 27.5. The van der Waals surface area contributed by atoms with Gasteiger partial charge in [-0.3, -0.25) is 4.79 Å². The van der Waals surface area contributed by atoms with Crippen molar-refractivity contribution in [2.75, 3.05) is 20.8 Å². The maximum atomic E-state index is 13.4. The Balaban J connectivity index is 1.83. The van der Waals surface area contributed by atoms with Crippen molar-refractivity contribution < 1.29 is 22.7 Å². The first-order chi connectivity index (χ1) is 17.1. The van der Waals surface area contributed by atoms with Crippen molar-refractivity contribution in [3.63, 3.8) is 0 Å². The molecule has 0 saturated heterocycles. The Kier molecular flexibility index (Phi) is 9.33.